The largest absolute Gasteiger partial charge is 0.497 e. The molecule has 0 atom stereocenters. The number of nitro groups is 1. The Kier molecular flexibility index (Phi) is 7.31. The lowest BCUT2D eigenvalue weighted by molar-refractivity contribution is -0.387. The van der Waals surface area contributed by atoms with Crippen LogP contribution in [0.3, 0.4) is 0 Å². The van der Waals surface area contributed by atoms with Crippen LogP contribution in [0.4, 0.5) is 21.5 Å². The lowest BCUT2D eigenvalue weighted by Crippen LogP contribution is -2.38. The first-order chi connectivity index (χ1) is 16.2. The molecule has 0 aromatic heterocycles. The predicted molar refractivity (Wildman–Crippen MR) is 122 cm³/mol. The number of methoxy groups -OCH3 is 2. The van der Waals surface area contributed by atoms with Gasteiger partial charge in [0.25, 0.3) is 15.7 Å². The van der Waals surface area contributed by atoms with Gasteiger partial charge in [0, 0.05) is 17.8 Å². The number of anilines is 2. The Hall–Kier alpha value is -4.19. The van der Waals surface area contributed by atoms with Crippen LogP contribution in [0, 0.1) is 15.9 Å². The summed E-state index contributed by atoms with van der Waals surface area (Å²) in [5.74, 6) is -0.872. The van der Waals surface area contributed by atoms with E-state index in [1.165, 1.54) is 56.7 Å². The molecule has 1 amide bonds. The Morgan fingerprint density at radius 1 is 1.06 bits per heavy atom. The minimum Gasteiger partial charge on any atom is -0.497 e. The SMILES string of the molecule is COc1ccc(N(CC(=O)Nc2ccc(F)cc2)S(=O)(=O)c2ccccc2[N+](=O)[O-])c(OC)c1. The van der Waals surface area contributed by atoms with Gasteiger partial charge in [0.15, 0.2) is 4.90 Å². The first-order valence-electron chi connectivity index (χ1n) is 9.71. The summed E-state index contributed by atoms with van der Waals surface area (Å²) < 4.78 is 51.5. The van der Waals surface area contributed by atoms with Gasteiger partial charge in [0.05, 0.1) is 24.8 Å². The monoisotopic (exact) mass is 489 g/mol. The van der Waals surface area contributed by atoms with Crippen LogP contribution in [0.15, 0.2) is 71.6 Å². The van der Waals surface area contributed by atoms with Crippen molar-refractivity contribution in [1.82, 2.24) is 0 Å². The maximum absolute atomic E-state index is 13.6. The summed E-state index contributed by atoms with van der Waals surface area (Å²) in [6.45, 7) is -0.756. The minimum absolute atomic E-state index is 0.0456. The highest BCUT2D eigenvalue weighted by Crippen LogP contribution is 2.37. The number of hydrogen-bond donors (Lipinski definition) is 1. The smallest absolute Gasteiger partial charge is 0.289 e. The summed E-state index contributed by atoms with van der Waals surface area (Å²) in [6.07, 6.45) is 0. The van der Waals surface area contributed by atoms with Crippen LogP contribution < -0.4 is 19.1 Å². The molecule has 0 aliphatic carbocycles. The molecule has 0 saturated carbocycles. The molecule has 178 valence electrons. The van der Waals surface area contributed by atoms with E-state index in [9.17, 15) is 27.7 Å². The summed E-state index contributed by atoms with van der Waals surface area (Å²) in [4.78, 5) is 22.9. The lowest BCUT2D eigenvalue weighted by Gasteiger charge is -2.25. The van der Waals surface area contributed by atoms with E-state index < -0.39 is 43.8 Å². The van der Waals surface area contributed by atoms with Crippen molar-refractivity contribution in [3.8, 4) is 11.5 Å². The van der Waals surface area contributed by atoms with Crippen LogP contribution in [-0.2, 0) is 14.8 Å². The van der Waals surface area contributed by atoms with Crippen molar-refractivity contribution in [3.63, 3.8) is 0 Å². The Morgan fingerprint density at radius 3 is 2.35 bits per heavy atom. The van der Waals surface area contributed by atoms with Crippen LogP contribution in [0.25, 0.3) is 0 Å². The molecule has 0 spiro atoms. The van der Waals surface area contributed by atoms with Gasteiger partial charge in [-0.15, -0.1) is 0 Å². The number of rotatable bonds is 9. The normalized spacial score (nSPS) is 10.9. The topological polar surface area (TPSA) is 128 Å². The van der Waals surface area contributed by atoms with Crippen molar-refractivity contribution < 1.29 is 32.0 Å². The predicted octanol–water partition coefficient (Wildman–Crippen LogP) is 3.59. The number of benzene rings is 3. The summed E-state index contributed by atoms with van der Waals surface area (Å²) in [6, 6.07) is 13.9. The molecule has 0 aliphatic heterocycles. The van der Waals surface area contributed by atoms with Gasteiger partial charge in [-0.05, 0) is 42.5 Å². The zero-order chi connectivity index (χ0) is 24.9. The zero-order valence-corrected chi connectivity index (χ0v) is 18.9. The standard InChI is InChI=1S/C22H20FN3O7S/c1-32-17-11-12-18(20(13-17)33-2)25(14-22(27)24-16-9-7-15(23)8-10-16)34(30,31)21-6-4-3-5-19(21)26(28)29/h3-13H,14H2,1-2H3,(H,24,27). The third kappa shape index (κ3) is 5.23. The maximum Gasteiger partial charge on any atom is 0.289 e. The molecule has 0 unspecified atom stereocenters. The molecule has 0 fully saturated rings. The van der Waals surface area contributed by atoms with E-state index in [2.05, 4.69) is 5.32 Å². The summed E-state index contributed by atoms with van der Waals surface area (Å²) in [7, 11) is -1.92. The first-order valence-corrected chi connectivity index (χ1v) is 11.1. The second kappa shape index (κ2) is 10.2. The van der Waals surface area contributed by atoms with Crippen LogP contribution in [-0.4, -0.2) is 40.0 Å². The lowest BCUT2D eigenvalue weighted by atomic mass is 10.2. The van der Waals surface area contributed by atoms with Gasteiger partial charge in [0.2, 0.25) is 5.91 Å². The second-order valence-electron chi connectivity index (χ2n) is 6.83. The molecule has 12 heteroatoms. The van der Waals surface area contributed by atoms with Gasteiger partial charge >= 0.3 is 0 Å². The van der Waals surface area contributed by atoms with Crippen molar-refractivity contribution in [3.05, 3.63) is 82.7 Å². The molecule has 0 saturated heterocycles. The fraction of sp³-hybridized carbons (Fsp3) is 0.136. The van der Waals surface area contributed by atoms with Crippen LogP contribution in [0.5, 0.6) is 11.5 Å². The molecule has 3 aromatic rings. The quantitative estimate of drug-likeness (QED) is 0.359. The van der Waals surface area contributed by atoms with Crippen LogP contribution >= 0.6 is 0 Å². The van der Waals surface area contributed by atoms with Crippen molar-refractivity contribution in [2.24, 2.45) is 0 Å². The molecule has 0 heterocycles. The number of nitrogens with one attached hydrogen (secondary N) is 1. The van der Waals surface area contributed by atoms with Gasteiger partial charge in [-0.25, -0.2) is 12.8 Å². The number of carbonyl (C=O) groups excluding carboxylic acids is 1. The number of para-hydroxylation sites is 1. The Balaban J connectivity index is 2.10. The van der Waals surface area contributed by atoms with Gasteiger partial charge < -0.3 is 14.8 Å². The Labute approximate surface area is 194 Å². The molecule has 3 rings (SSSR count). The van der Waals surface area contributed by atoms with Crippen LogP contribution in [0.2, 0.25) is 0 Å². The summed E-state index contributed by atoms with van der Waals surface area (Å²) >= 11 is 0. The molecule has 34 heavy (non-hydrogen) atoms. The second-order valence-corrected chi connectivity index (χ2v) is 8.66. The highest BCUT2D eigenvalue weighted by atomic mass is 32.2. The van der Waals surface area contributed by atoms with Crippen LogP contribution in [0.1, 0.15) is 0 Å². The summed E-state index contributed by atoms with van der Waals surface area (Å²) in [5, 5.41) is 14.0. The Morgan fingerprint density at radius 2 is 1.74 bits per heavy atom. The van der Waals surface area contributed by atoms with E-state index >= 15 is 0 Å². The Bertz CT molecular complexity index is 1310. The van der Waals surface area contributed by atoms with E-state index in [0.717, 1.165) is 24.3 Å². The minimum atomic E-state index is -4.63. The summed E-state index contributed by atoms with van der Waals surface area (Å²) in [5.41, 5.74) is -0.467. The highest BCUT2D eigenvalue weighted by Gasteiger charge is 2.34. The number of halogens is 1. The number of nitro benzene ring substituents is 1. The zero-order valence-electron chi connectivity index (χ0n) is 18.1. The number of ether oxygens (including phenoxy) is 2. The molecular formula is C22H20FN3O7S. The number of amides is 1. The van der Waals surface area contributed by atoms with E-state index in [0.29, 0.717) is 10.1 Å². The highest BCUT2D eigenvalue weighted by molar-refractivity contribution is 7.93. The number of hydrogen-bond acceptors (Lipinski definition) is 7. The van der Waals surface area contributed by atoms with Gasteiger partial charge in [-0.3, -0.25) is 19.2 Å². The molecule has 1 N–H and O–H groups in total. The number of nitrogens with zero attached hydrogens (tertiary/aromatic N) is 2. The molecule has 10 nitrogen and oxygen atoms in total. The third-order valence-corrected chi connectivity index (χ3v) is 6.51. The van der Waals surface area contributed by atoms with Crippen molar-refractivity contribution in [2.45, 2.75) is 4.90 Å². The molecule has 0 radical (unpaired) electrons. The number of carbonyl (C=O) groups is 1. The molecular weight excluding hydrogens is 469 g/mol. The first kappa shape index (κ1) is 24.5. The van der Waals surface area contributed by atoms with Crippen molar-refractivity contribution in [1.29, 1.82) is 0 Å². The molecule has 3 aromatic carbocycles. The number of sulfonamides is 1. The van der Waals surface area contributed by atoms with Crippen molar-refractivity contribution >= 4 is 33.0 Å². The molecule has 0 bridgehead atoms. The van der Waals surface area contributed by atoms with E-state index in [4.69, 9.17) is 9.47 Å². The van der Waals surface area contributed by atoms with Gasteiger partial charge in [-0.1, -0.05) is 12.1 Å². The average Bonchev–Trinajstić information content (AvgIpc) is 2.83. The van der Waals surface area contributed by atoms with Crippen molar-refractivity contribution in [2.75, 3.05) is 30.4 Å². The fourth-order valence-electron chi connectivity index (χ4n) is 3.10. The van der Waals surface area contributed by atoms with E-state index in [1.807, 2.05) is 0 Å². The van der Waals surface area contributed by atoms with E-state index in [1.54, 1.807) is 0 Å². The van der Waals surface area contributed by atoms with Gasteiger partial charge in [0.1, 0.15) is 23.9 Å². The molecule has 0 aliphatic rings. The van der Waals surface area contributed by atoms with Gasteiger partial charge in [-0.2, -0.15) is 0 Å². The maximum atomic E-state index is 13.6. The average molecular weight is 489 g/mol. The fourth-order valence-corrected chi connectivity index (χ4v) is 4.69. The third-order valence-electron chi connectivity index (χ3n) is 4.70. The van der Waals surface area contributed by atoms with E-state index in [-0.39, 0.29) is 17.1 Å².